The summed E-state index contributed by atoms with van der Waals surface area (Å²) >= 11 is 0. The van der Waals surface area contributed by atoms with Crippen LogP contribution in [0.25, 0.3) is 0 Å². The van der Waals surface area contributed by atoms with Gasteiger partial charge < -0.3 is 15.3 Å². The largest absolute Gasteiger partial charge is 0.478 e. The molecule has 0 aromatic carbocycles. The topological polar surface area (TPSA) is 170 Å². The number of carboxylic acids is 1. The fourth-order valence-corrected chi connectivity index (χ4v) is 4.63. The first-order valence-electron chi connectivity index (χ1n) is 9.92. The van der Waals surface area contributed by atoms with E-state index in [1.54, 1.807) is 6.92 Å². The Balaban J connectivity index is 2.02. The van der Waals surface area contributed by atoms with E-state index in [2.05, 4.69) is 31.5 Å². The second kappa shape index (κ2) is 11.2. The number of sulfonamides is 1. The summed E-state index contributed by atoms with van der Waals surface area (Å²) in [7, 11) is -3.89. The lowest BCUT2D eigenvalue weighted by Gasteiger charge is -2.32. The van der Waals surface area contributed by atoms with Gasteiger partial charge in [-0.3, -0.25) is 20.7 Å². The zero-order valence-corrected chi connectivity index (χ0v) is 17.4. The molecule has 1 amide bonds. The van der Waals surface area contributed by atoms with Gasteiger partial charge in [-0.15, -0.1) is 0 Å². The van der Waals surface area contributed by atoms with Crippen LogP contribution < -0.4 is 31.5 Å². The first-order chi connectivity index (χ1) is 13.8. The zero-order chi connectivity index (χ0) is 21.3. The van der Waals surface area contributed by atoms with Crippen LogP contribution in [0.4, 0.5) is 0 Å². The Kier molecular flexibility index (Phi) is 9.20. The Morgan fingerprint density at radius 2 is 1.97 bits per heavy atom. The minimum atomic E-state index is -3.89. The van der Waals surface area contributed by atoms with Gasteiger partial charge in [0.25, 0.3) is 0 Å². The molecule has 13 heteroatoms. The number of amides is 1. The first-order valence-corrected chi connectivity index (χ1v) is 11.6. The van der Waals surface area contributed by atoms with Crippen molar-refractivity contribution in [2.24, 2.45) is 0 Å². The van der Waals surface area contributed by atoms with Crippen LogP contribution in [0.1, 0.15) is 39.0 Å². The van der Waals surface area contributed by atoms with Crippen molar-refractivity contribution < 1.29 is 28.0 Å². The molecule has 0 radical (unpaired) electrons. The molecule has 2 rings (SSSR count). The number of carboxylic acid groups (broad SMARTS) is 1. The van der Waals surface area contributed by atoms with Gasteiger partial charge in [-0.1, -0.05) is 6.92 Å². The molecule has 168 valence electrons. The minimum absolute atomic E-state index is 0.00966. The van der Waals surface area contributed by atoms with Crippen LogP contribution in [-0.2, 0) is 24.4 Å². The van der Waals surface area contributed by atoms with Gasteiger partial charge in [0.2, 0.25) is 21.6 Å². The number of hydrogen-bond acceptors (Lipinski definition) is 9. The van der Waals surface area contributed by atoms with Crippen LogP contribution in [0, 0.1) is 0 Å². The van der Waals surface area contributed by atoms with E-state index < -0.39 is 33.6 Å². The Morgan fingerprint density at radius 1 is 1.24 bits per heavy atom. The van der Waals surface area contributed by atoms with Gasteiger partial charge in [-0.05, 0) is 38.6 Å². The molecule has 2 saturated heterocycles. The molecule has 0 saturated carbocycles. The highest BCUT2D eigenvalue weighted by Gasteiger charge is 2.44. The summed E-state index contributed by atoms with van der Waals surface area (Å²) in [6, 6.07) is -0.731. The van der Waals surface area contributed by atoms with E-state index in [4.69, 9.17) is 4.84 Å². The number of hydrogen-bond donors (Lipinski definition) is 7. The molecule has 2 atom stereocenters. The third kappa shape index (κ3) is 7.44. The maximum absolute atomic E-state index is 12.5. The number of nitrogens with one attached hydrogen (secondary N) is 6. The summed E-state index contributed by atoms with van der Waals surface area (Å²) < 4.78 is 26.9. The average Bonchev–Trinajstić information content (AvgIpc) is 3.34. The van der Waals surface area contributed by atoms with Crippen LogP contribution in [-0.4, -0.2) is 75.4 Å². The number of carbonyl (C=O) groups is 2. The number of unbranched alkanes of at least 4 members (excludes halogenated alkanes) is 1. The molecule has 2 heterocycles. The van der Waals surface area contributed by atoms with E-state index in [-0.39, 0.29) is 18.5 Å². The van der Waals surface area contributed by atoms with Gasteiger partial charge in [-0.25, -0.2) is 13.2 Å². The third-order valence-corrected chi connectivity index (χ3v) is 6.31. The molecule has 7 N–H and O–H groups in total. The molecule has 0 spiro atoms. The van der Waals surface area contributed by atoms with Crippen LogP contribution in [0.2, 0.25) is 0 Å². The predicted molar refractivity (Wildman–Crippen MR) is 105 cm³/mol. The van der Waals surface area contributed by atoms with E-state index in [1.165, 1.54) is 0 Å². The Labute approximate surface area is 170 Å². The van der Waals surface area contributed by atoms with Crippen LogP contribution in [0.3, 0.4) is 0 Å². The van der Waals surface area contributed by atoms with Gasteiger partial charge in [0.1, 0.15) is 12.3 Å². The fourth-order valence-electron chi connectivity index (χ4n) is 3.22. The molecule has 0 aliphatic carbocycles. The third-order valence-electron chi connectivity index (χ3n) is 4.70. The van der Waals surface area contributed by atoms with E-state index in [0.29, 0.717) is 38.8 Å². The molecule has 2 unspecified atom stereocenters. The Bertz CT molecular complexity index is 650. The van der Waals surface area contributed by atoms with Gasteiger partial charge in [-0.2, -0.15) is 10.2 Å². The summed E-state index contributed by atoms with van der Waals surface area (Å²) in [6.07, 6.45) is 1.60. The molecule has 29 heavy (non-hydrogen) atoms. The molecular formula is C16H32N6O6S. The second-order valence-electron chi connectivity index (χ2n) is 7.18. The van der Waals surface area contributed by atoms with E-state index in [9.17, 15) is 23.1 Å². The standard InChI is InChI=1S/C16H32N6O6S/c1-2-11-29(26,27)22-16(14(24)25,20-13(23)12-5-10-28-21-12)6-3-4-7-17-15-18-8-9-19-15/h12,15,17-19,21-22H,2-11H2,1H3,(H,20,23)(H,24,25). The lowest BCUT2D eigenvalue weighted by molar-refractivity contribution is -0.149. The van der Waals surface area contributed by atoms with Crippen LogP contribution in [0.15, 0.2) is 0 Å². The van der Waals surface area contributed by atoms with Gasteiger partial charge in [0.15, 0.2) is 0 Å². The van der Waals surface area contributed by atoms with Crippen LogP contribution >= 0.6 is 0 Å². The molecule has 2 aliphatic rings. The normalized spacial score (nSPS) is 22.4. The summed E-state index contributed by atoms with van der Waals surface area (Å²) in [5.74, 6) is -2.30. The lowest BCUT2D eigenvalue weighted by atomic mass is 10.0. The van der Waals surface area contributed by atoms with Gasteiger partial charge in [0.05, 0.1) is 12.4 Å². The minimum Gasteiger partial charge on any atom is -0.478 e. The SMILES string of the molecule is CCCS(=O)(=O)NC(CCCCNC1NCCN1)(NC(=O)C1CCON1)C(=O)O. The van der Waals surface area contributed by atoms with Crippen molar-refractivity contribution in [3.05, 3.63) is 0 Å². The highest BCUT2D eigenvalue weighted by molar-refractivity contribution is 7.89. The molecule has 0 bridgehead atoms. The average molecular weight is 437 g/mol. The molecule has 12 nitrogen and oxygen atoms in total. The maximum atomic E-state index is 12.5. The smallest absolute Gasteiger partial charge is 0.345 e. The zero-order valence-electron chi connectivity index (χ0n) is 16.6. The van der Waals surface area contributed by atoms with Crippen molar-refractivity contribution in [1.29, 1.82) is 0 Å². The Morgan fingerprint density at radius 3 is 2.55 bits per heavy atom. The van der Waals surface area contributed by atoms with Gasteiger partial charge in [0, 0.05) is 13.1 Å². The quantitative estimate of drug-likeness (QED) is 0.124. The van der Waals surface area contributed by atoms with Crippen molar-refractivity contribution in [2.45, 2.75) is 57.0 Å². The summed E-state index contributed by atoms with van der Waals surface area (Å²) in [5, 5.41) is 21.9. The monoisotopic (exact) mass is 436 g/mol. The summed E-state index contributed by atoms with van der Waals surface area (Å²) in [6.45, 7) is 4.33. The van der Waals surface area contributed by atoms with E-state index in [0.717, 1.165) is 13.1 Å². The maximum Gasteiger partial charge on any atom is 0.345 e. The van der Waals surface area contributed by atoms with E-state index >= 15 is 0 Å². The van der Waals surface area contributed by atoms with Crippen molar-refractivity contribution in [1.82, 2.24) is 31.5 Å². The molecule has 2 aliphatic heterocycles. The van der Waals surface area contributed by atoms with Crippen molar-refractivity contribution in [3.63, 3.8) is 0 Å². The number of carbonyl (C=O) groups excluding carboxylic acids is 1. The summed E-state index contributed by atoms with van der Waals surface area (Å²) in [4.78, 5) is 29.5. The lowest BCUT2D eigenvalue weighted by Crippen LogP contribution is -2.67. The summed E-state index contributed by atoms with van der Waals surface area (Å²) in [5.41, 5.74) is 0.396. The highest BCUT2D eigenvalue weighted by atomic mass is 32.2. The Hall–Kier alpha value is -1.35. The van der Waals surface area contributed by atoms with Crippen LogP contribution in [0.5, 0.6) is 0 Å². The van der Waals surface area contributed by atoms with Crippen molar-refractivity contribution in [2.75, 3.05) is 32.0 Å². The molecule has 2 fully saturated rings. The predicted octanol–water partition coefficient (Wildman–Crippen LogP) is -2.26. The second-order valence-corrected chi connectivity index (χ2v) is 9.02. The fraction of sp³-hybridized carbons (Fsp3) is 0.875. The molecule has 0 aromatic heterocycles. The van der Waals surface area contributed by atoms with E-state index in [1.807, 2.05) is 0 Å². The number of aliphatic carboxylic acids is 1. The molecule has 0 aromatic rings. The highest BCUT2D eigenvalue weighted by Crippen LogP contribution is 2.16. The van der Waals surface area contributed by atoms with Crippen molar-refractivity contribution >= 4 is 21.9 Å². The first kappa shape index (κ1) is 23.9. The van der Waals surface area contributed by atoms with Crippen molar-refractivity contribution in [3.8, 4) is 0 Å². The molecular weight excluding hydrogens is 404 g/mol. The number of hydroxylamine groups is 1. The van der Waals surface area contributed by atoms with Gasteiger partial charge >= 0.3 is 5.97 Å². The number of rotatable bonds is 13.